The minimum absolute atomic E-state index is 0.0163. The Morgan fingerprint density at radius 3 is 1.68 bits per heavy atom. The van der Waals surface area contributed by atoms with E-state index in [-0.39, 0.29) is 66.5 Å². The van der Waals surface area contributed by atoms with Gasteiger partial charge in [0.2, 0.25) is 0 Å². The van der Waals surface area contributed by atoms with Gasteiger partial charge in [-0.05, 0) is 49.5 Å². The maximum absolute atomic E-state index is 11.5. The van der Waals surface area contributed by atoms with Crippen molar-refractivity contribution in [2.45, 2.75) is 233 Å². The average molecular weight is 794 g/mol. The van der Waals surface area contributed by atoms with Crippen LogP contribution in [-0.2, 0) is 28.4 Å². The van der Waals surface area contributed by atoms with E-state index >= 15 is 0 Å². The predicted octanol–water partition coefficient (Wildman–Crippen LogP) is 10.7. The summed E-state index contributed by atoms with van der Waals surface area (Å²) in [6, 6.07) is -0.422. The van der Waals surface area contributed by atoms with Crippen molar-refractivity contribution in [1.29, 1.82) is 0 Å². The molecule has 17 atom stereocenters. The van der Waals surface area contributed by atoms with E-state index < -0.39 is 43.2 Å². The number of hydrogen-bond acceptors (Lipinski definition) is 9. The first-order valence-corrected chi connectivity index (χ1v) is 22.9. The number of azide groups is 1. The molecule has 3 saturated heterocycles. The van der Waals surface area contributed by atoms with Crippen molar-refractivity contribution < 1.29 is 38.6 Å². The summed E-state index contributed by atoms with van der Waals surface area (Å²) < 4.78 is 39.0. The topological polar surface area (TPSA) is 145 Å². The van der Waals surface area contributed by atoms with Crippen LogP contribution in [-0.4, -0.2) is 84.5 Å². The normalized spacial score (nSPS) is 37.7. The summed E-state index contributed by atoms with van der Waals surface area (Å²) in [5.41, 5.74) is 9.34. The molecular formula is C45H83N3O8. The highest BCUT2D eigenvalue weighted by Gasteiger charge is 2.50. The van der Waals surface area contributed by atoms with Crippen LogP contribution in [0.4, 0.5) is 0 Å². The molecule has 3 fully saturated rings. The SMILES string of the molecule is CCCCCCCCCCCCC/C=C/[C@@H](C)C(CO[C@@H]1OC(CC)[C@H](O[C@@H]2OC(CC)[C@H](O[C@@H]3OC(CC)[C@H](C)C(O)C3C)C(C)C2C)C(C)C1O)N=[N+]=[N-]. The second kappa shape index (κ2) is 26.0. The lowest BCUT2D eigenvalue weighted by atomic mass is 9.82. The number of aliphatic hydroxyl groups excluding tert-OH is 2. The fourth-order valence-corrected chi connectivity index (χ4v) is 8.87. The maximum Gasteiger partial charge on any atom is 0.184 e. The van der Waals surface area contributed by atoms with E-state index in [4.69, 9.17) is 28.4 Å². The van der Waals surface area contributed by atoms with Crippen LogP contribution >= 0.6 is 0 Å². The lowest BCUT2D eigenvalue weighted by molar-refractivity contribution is -0.354. The largest absolute Gasteiger partial charge is 0.392 e. The predicted molar refractivity (Wildman–Crippen MR) is 223 cm³/mol. The van der Waals surface area contributed by atoms with Crippen LogP contribution in [0.2, 0.25) is 0 Å². The number of rotatable bonds is 25. The molecular weight excluding hydrogens is 711 g/mol. The van der Waals surface area contributed by atoms with Crippen LogP contribution in [0, 0.1) is 35.5 Å². The van der Waals surface area contributed by atoms with E-state index in [1.165, 1.54) is 70.6 Å². The molecule has 3 heterocycles. The van der Waals surface area contributed by atoms with Crippen LogP contribution in [0.15, 0.2) is 17.3 Å². The number of ether oxygens (including phenoxy) is 6. The first-order valence-electron chi connectivity index (χ1n) is 22.9. The summed E-state index contributed by atoms with van der Waals surface area (Å²) in [5.74, 6) is -0.360. The summed E-state index contributed by atoms with van der Waals surface area (Å²) in [7, 11) is 0. The van der Waals surface area contributed by atoms with Crippen LogP contribution in [0.1, 0.15) is 166 Å². The van der Waals surface area contributed by atoms with E-state index in [2.05, 4.69) is 56.8 Å². The highest BCUT2D eigenvalue weighted by Crippen LogP contribution is 2.41. The van der Waals surface area contributed by atoms with Gasteiger partial charge in [0.05, 0.1) is 49.3 Å². The molecule has 0 spiro atoms. The number of nitrogens with zero attached hydrogens (tertiary/aromatic N) is 3. The third kappa shape index (κ3) is 14.2. The molecule has 0 saturated carbocycles. The van der Waals surface area contributed by atoms with E-state index in [1.807, 2.05) is 34.6 Å². The van der Waals surface area contributed by atoms with Crippen LogP contribution in [0.25, 0.3) is 10.4 Å². The van der Waals surface area contributed by atoms with Crippen molar-refractivity contribution in [3.05, 3.63) is 22.6 Å². The Kier molecular flexibility index (Phi) is 22.8. The van der Waals surface area contributed by atoms with Gasteiger partial charge in [-0.1, -0.05) is 151 Å². The summed E-state index contributed by atoms with van der Waals surface area (Å²) in [6.07, 6.45) is 17.5. The Morgan fingerprint density at radius 1 is 0.625 bits per heavy atom. The van der Waals surface area contributed by atoms with Gasteiger partial charge >= 0.3 is 0 Å². The summed E-state index contributed by atoms with van der Waals surface area (Å²) in [6.45, 7) is 21.0. The Labute approximate surface area is 340 Å². The zero-order valence-electron chi connectivity index (χ0n) is 37.0. The molecule has 10 unspecified atom stereocenters. The van der Waals surface area contributed by atoms with E-state index in [1.54, 1.807) is 0 Å². The van der Waals surface area contributed by atoms with Crippen LogP contribution in [0.5, 0.6) is 0 Å². The molecule has 11 heteroatoms. The van der Waals surface area contributed by atoms with Gasteiger partial charge in [0.1, 0.15) is 6.10 Å². The van der Waals surface area contributed by atoms with Crippen molar-refractivity contribution in [3.8, 4) is 0 Å². The second-order valence-electron chi connectivity index (χ2n) is 17.5. The first-order chi connectivity index (χ1) is 26.9. The second-order valence-corrected chi connectivity index (χ2v) is 17.5. The number of hydrogen-bond donors (Lipinski definition) is 2. The molecule has 3 aliphatic heterocycles. The van der Waals surface area contributed by atoms with E-state index in [9.17, 15) is 15.7 Å². The fourth-order valence-electron chi connectivity index (χ4n) is 8.87. The van der Waals surface area contributed by atoms with Gasteiger partial charge in [0.25, 0.3) is 0 Å². The first kappa shape index (κ1) is 49.1. The summed E-state index contributed by atoms with van der Waals surface area (Å²) in [4.78, 5) is 3.11. The maximum atomic E-state index is 11.5. The molecule has 0 radical (unpaired) electrons. The molecule has 0 bridgehead atoms. The standard InChI is InChI=1S/C45H83N3O8/c1-11-15-16-17-18-19-20-21-22-23-24-25-26-27-29(5)35(47-48-46)28-51-45-40(50)33(9)42(38(14-4)54-45)56-43-31(7)30(6)41(37(13-3)53-43)55-44-34(10)39(49)32(8)36(12-2)52-44/h26-27,29-45,49-50H,11-25,28H2,1-10H3/b27-26+/t29-,30?,31?,32+,33?,34?,35?,36?,37?,38?,39?,40?,41-,42-,43+,44+,45-/m1/s1. The van der Waals surface area contributed by atoms with Crippen molar-refractivity contribution >= 4 is 0 Å². The lowest BCUT2D eigenvalue weighted by Crippen LogP contribution is -2.59. The van der Waals surface area contributed by atoms with Crippen molar-refractivity contribution in [1.82, 2.24) is 0 Å². The monoisotopic (exact) mass is 794 g/mol. The van der Waals surface area contributed by atoms with Crippen molar-refractivity contribution in [3.63, 3.8) is 0 Å². The van der Waals surface area contributed by atoms with Crippen molar-refractivity contribution in [2.24, 2.45) is 40.6 Å². The van der Waals surface area contributed by atoms with Gasteiger partial charge in [0.15, 0.2) is 18.9 Å². The molecule has 326 valence electrons. The molecule has 56 heavy (non-hydrogen) atoms. The van der Waals surface area contributed by atoms with Crippen molar-refractivity contribution in [2.75, 3.05) is 6.61 Å². The van der Waals surface area contributed by atoms with Gasteiger partial charge in [-0.25, -0.2) is 0 Å². The van der Waals surface area contributed by atoms with Crippen LogP contribution < -0.4 is 0 Å². The molecule has 2 N–H and O–H groups in total. The summed E-state index contributed by atoms with van der Waals surface area (Å²) >= 11 is 0. The van der Waals surface area contributed by atoms with Gasteiger partial charge in [-0.3, -0.25) is 0 Å². The average Bonchev–Trinajstić information content (AvgIpc) is 3.19. The van der Waals surface area contributed by atoms with Gasteiger partial charge in [0, 0.05) is 28.6 Å². The molecule has 0 aromatic rings. The zero-order chi connectivity index (χ0) is 41.2. The molecule has 3 aliphatic rings. The quantitative estimate of drug-likeness (QED) is 0.0305. The summed E-state index contributed by atoms with van der Waals surface area (Å²) in [5, 5.41) is 26.5. The Morgan fingerprint density at radius 2 is 1.12 bits per heavy atom. The highest BCUT2D eigenvalue weighted by molar-refractivity contribution is 4.95. The van der Waals surface area contributed by atoms with E-state index in [0.717, 1.165) is 19.3 Å². The Hall–Kier alpha value is -1.27. The molecule has 3 rings (SSSR count). The molecule has 0 aromatic heterocycles. The third-order valence-electron chi connectivity index (χ3n) is 13.3. The fraction of sp³-hybridized carbons (Fsp3) is 0.956. The number of allylic oxidation sites excluding steroid dienone is 1. The molecule has 0 amide bonds. The molecule has 0 aliphatic carbocycles. The Balaban J connectivity index is 1.49. The number of aliphatic hydroxyl groups is 2. The smallest absolute Gasteiger partial charge is 0.184 e. The highest BCUT2D eigenvalue weighted by atomic mass is 16.7. The minimum Gasteiger partial charge on any atom is -0.392 e. The van der Waals surface area contributed by atoms with Gasteiger partial charge in [-0.15, -0.1) is 0 Å². The van der Waals surface area contributed by atoms with Gasteiger partial charge in [-0.2, -0.15) is 0 Å². The van der Waals surface area contributed by atoms with E-state index in [0.29, 0.717) is 6.42 Å². The molecule has 11 nitrogen and oxygen atoms in total. The number of unbranched alkanes of at least 4 members (excludes halogenated alkanes) is 11. The third-order valence-corrected chi connectivity index (χ3v) is 13.3. The van der Waals surface area contributed by atoms with Gasteiger partial charge < -0.3 is 38.6 Å². The minimum atomic E-state index is -0.943. The van der Waals surface area contributed by atoms with Crippen LogP contribution in [0.3, 0.4) is 0 Å². The molecule has 0 aromatic carbocycles. The zero-order valence-corrected chi connectivity index (χ0v) is 37.0. The lowest BCUT2D eigenvalue weighted by Gasteiger charge is -2.50. The Bertz CT molecular complexity index is 1130.